The summed E-state index contributed by atoms with van der Waals surface area (Å²) in [5.74, 6) is -1.24. The van der Waals surface area contributed by atoms with Gasteiger partial charge in [-0.25, -0.2) is 0 Å². The quantitative estimate of drug-likeness (QED) is 0.693. The summed E-state index contributed by atoms with van der Waals surface area (Å²) in [5, 5.41) is 2.92. The highest BCUT2D eigenvalue weighted by Gasteiger charge is 2.36. The number of para-hydroxylation sites is 1. The van der Waals surface area contributed by atoms with Crippen LogP contribution in [0.1, 0.15) is 24.4 Å². The minimum Gasteiger partial charge on any atom is -0.469 e. The van der Waals surface area contributed by atoms with E-state index in [0.717, 1.165) is 15.7 Å². The number of halogens is 1. The lowest BCUT2D eigenvalue weighted by molar-refractivity contribution is -0.141. The van der Waals surface area contributed by atoms with Gasteiger partial charge in [0.2, 0.25) is 11.8 Å². The topological polar surface area (TPSA) is 75.7 Å². The van der Waals surface area contributed by atoms with Crippen molar-refractivity contribution in [1.29, 1.82) is 0 Å². The molecular formula is C21H21BrN2O4. The fourth-order valence-electron chi connectivity index (χ4n) is 3.26. The van der Waals surface area contributed by atoms with E-state index in [1.165, 1.54) is 7.11 Å². The monoisotopic (exact) mass is 444 g/mol. The van der Waals surface area contributed by atoms with E-state index in [1.54, 1.807) is 4.90 Å². The first-order valence-electron chi connectivity index (χ1n) is 8.96. The van der Waals surface area contributed by atoms with Gasteiger partial charge in [0.15, 0.2) is 0 Å². The van der Waals surface area contributed by atoms with Gasteiger partial charge in [-0.05, 0) is 33.6 Å². The normalized spacial score (nSPS) is 17.3. The van der Waals surface area contributed by atoms with Crippen molar-refractivity contribution < 1.29 is 19.1 Å². The first-order valence-corrected chi connectivity index (χ1v) is 9.76. The average Bonchev–Trinajstić information content (AvgIpc) is 3.10. The lowest BCUT2D eigenvalue weighted by atomic mass is 10.0. The fourth-order valence-corrected chi connectivity index (χ4v) is 3.76. The van der Waals surface area contributed by atoms with Crippen LogP contribution in [0.3, 0.4) is 0 Å². The molecule has 2 unspecified atom stereocenters. The van der Waals surface area contributed by atoms with Gasteiger partial charge in [0.1, 0.15) is 0 Å². The molecule has 6 nitrogen and oxygen atoms in total. The van der Waals surface area contributed by atoms with E-state index in [9.17, 15) is 14.4 Å². The van der Waals surface area contributed by atoms with Crippen molar-refractivity contribution in [3.05, 3.63) is 64.6 Å². The molecule has 0 saturated carbocycles. The number of benzene rings is 2. The molecular weight excluding hydrogens is 424 g/mol. The van der Waals surface area contributed by atoms with Crippen molar-refractivity contribution in [2.24, 2.45) is 5.92 Å². The Hall–Kier alpha value is -2.67. The van der Waals surface area contributed by atoms with Crippen molar-refractivity contribution in [3.63, 3.8) is 0 Å². The third kappa shape index (κ3) is 4.59. The lowest BCUT2D eigenvalue weighted by Crippen LogP contribution is -2.36. The molecule has 1 heterocycles. The number of methoxy groups -OCH3 is 1. The molecule has 1 N–H and O–H groups in total. The molecule has 0 aliphatic carbocycles. The Labute approximate surface area is 172 Å². The number of carbonyl (C=O) groups excluding carboxylic acids is 3. The number of anilines is 1. The average molecular weight is 445 g/mol. The fraction of sp³-hybridized carbons (Fsp3) is 0.286. The van der Waals surface area contributed by atoms with E-state index in [1.807, 2.05) is 54.6 Å². The summed E-state index contributed by atoms with van der Waals surface area (Å²) < 4.78 is 5.56. The maximum atomic E-state index is 12.9. The molecule has 3 rings (SSSR count). The van der Waals surface area contributed by atoms with Gasteiger partial charge in [-0.2, -0.15) is 0 Å². The Morgan fingerprint density at radius 3 is 2.54 bits per heavy atom. The van der Waals surface area contributed by atoms with Crippen molar-refractivity contribution in [2.45, 2.75) is 18.9 Å². The molecule has 28 heavy (non-hydrogen) atoms. The Kier molecular flexibility index (Phi) is 6.46. The molecule has 0 aromatic heterocycles. The molecule has 1 aliphatic heterocycles. The van der Waals surface area contributed by atoms with E-state index in [4.69, 9.17) is 4.74 Å². The zero-order valence-corrected chi connectivity index (χ0v) is 17.0. The Bertz CT molecular complexity index is 872. The van der Waals surface area contributed by atoms with Crippen LogP contribution in [0.2, 0.25) is 0 Å². The maximum Gasteiger partial charge on any atom is 0.307 e. The summed E-state index contributed by atoms with van der Waals surface area (Å²) in [6.45, 7) is 0.299. The SMILES string of the molecule is COC(=O)CC(NC(=O)C1CC(=O)N(c2ccccc2Br)C1)c1ccccc1. The minimum absolute atomic E-state index is 0.0286. The molecule has 2 aromatic carbocycles. The number of hydrogen-bond acceptors (Lipinski definition) is 4. The molecule has 7 heteroatoms. The van der Waals surface area contributed by atoms with Crippen LogP contribution in [0.25, 0.3) is 0 Å². The van der Waals surface area contributed by atoms with Crippen molar-refractivity contribution >= 4 is 39.4 Å². The van der Waals surface area contributed by atoms with Crippen LogP contribution in [-0.2, 0) is 19.1 Å². The number of hydrogen-bond donors (Lipinski definition) is 1. The highest BCUT2D eigenvalue weighted by molar-refractivity contribution is 9.10. The molecule has 0 bridgehead atoms. The van der Waals surface area contributed by atoms with Gasteiger partial charge >= 0.3 is 5.97 Å². The summed E-state index contributed by atoms with van der Waals surface area (Å²) >= 11 is 3.45. The summed E-state index contributed by atoms with van der Waals surface area (Å²) in [5.41, 5.74) is 1.56. The molecule has 1 saturated heterocycles. The third-order valence-electron chi connectivity index (χ3n) is 4.76. The lowest BCUT2D eigenvalue weighted by Gasteiger charge is -2.21. The molecule has 2 aromatic rings. The van der Waals surface area contributed by atoms with Gasteiger partial charge in [0.05, 0.1) is 31.2 Å². The number of carbonyl (C=O) groups is 3. The van der Waals surface area contributed by atoms with Crippen LogP contribution >= 0.6 is 15.9 Å². The molecule has 0 spiro atoms. The van der Waals surface area contributed by atoms with Crippen molar-refractivity contribution in [3.8, 4) is 0 Å². The third-order valence-corrected chi connectivity index (χ3v) is 5.43. The smallest absolute Gasteiger partial charge is 0.307 e. The number of amides is 2. The largest absolute Gasteiger partial charge is 0.469 e. The van der Waals surface area contributed by atoms with E-state index in [2.05, 4.69) is 21.2 Å². The Balaban J connectivity index is 1.73. The van der Waals surface area contributed by atoms with Crippen LogP contribution in [0.4, 0.5) is 5.69 Å². The highest BCUT2D eigenvalue weighted by atomic mass is 79.9. The maximum absolute atomic E-state index is 12.9. The molecule has 1 fully saturated rings. The second-order valence-electron chi connectivity index (χ2n) is 6.61. The van der Waals surface area contributed by atoms with Crippen LogP contribution in [0.15, 0.2) is 59.1 Å². The van der Waals surface area contributed by atoms with E-state index in [-0.39, 0.29) is 24.7 Å². The van der Waals surface area contributed by atoms with Gasteiger partial charge < -0.3 is 15.0 Å². The summed E-state index contributed by atoms with van der Waals surface area (Å²) in [6, 6.07) is 16.2. The predicted molar refractivity (Wildman–Crippen MR) is 109 cm³/mol. The second kappa shape index (κ2) is 9.01. The van der Waals surface area contributed by atoms with E-state index < -0.39 is 17.9 Å². The van der Waals surface area contributed by atoms with Crippen LogP contribution in [0.5, 0.6) is 0 Å². The van der Waals surface area contributed by atoms with Gasteiger partial charge in [-0.15, -0.1) is 0 Å². The summed E-state index contributed by atoms with van der Waals surface area (Å²) in [4.78, 5) is 38.7. The number of esters is 1. The summed E-state index contributed by atoms with van der Waals surface area (Å²) in [7, 11) is 1.32. The summed E-state index contributed by atoms with van der Waals surface area (Å²) in [6.07, 6.45) is 0.160. The van der Waals surface area contributed by atoms with Gasteiger partial charge in [-0.1, -0.05) is 42.5 Å². The van der Waals surface area contributed by atoms with Crippen LogP contribution in [-0.4, -0.2) is 31.4 Å². The minimum atomic E-state index is -0.506. The Morgan fingerprint density at radius 1 is 1.18 bits per heavy atom. The first kappa shape index (κ1) is 20.1. The molecule has 2 atom stereocenters. The Morgan fingerprint density at radius 2 is 1.86 bits per heavy atom. The number of ether oxygens (including phenoxy) is 1. The number of nitrogens with one attached hydrogen (secondary N) is 1. The number of nitrogens with zero attached hydrogens (tertiary/aromatic N) is 1. The van der Waals surface area contributed by atoms with Gasteiger partial charge in [-0.3, -0.25) is 14.4 Å². The standard InChI is InChI=1S/C21H21BrN2O4/c1-28-20(26)12-17(14-7-3-2-4-8-14)23-21(27)15-11-19(25)24(13-15)18-10-6-5-9-16(18)22/h2-10,15,17H,11-13H2,1H3,(H,23,27). The molecule has 146 valence electrons. The zero-order chi connectivity index (χ0) is 20.1. The highest BCUT2D eigenvalue weighted by Crippen LogP contribution is 2.31. The van der Waals surface area contributed by atoms with Gasteiger partial charge in [0, 0.05) is 17.4 Å². The van der Waals surface area contributed by atoms with Gasteiger partial charge in [0.25, 0.3) is 0 Å². The van der Waals surface area contributed by atoms with Crippen LogP contribution < -0.4 is 10.2 Å². The van der Waals surface area contributed by atoms with E-state index in [0.29, 0.717) is 6.54 Å². The molecule has 2 amide bonds. The first-order chi connectivity index (χ1) is 13.5. The van der Waals surface area contributed by atoms with Crippen molar-refractivity contribution in [2.75, 3.05) is 18.6 Å². The molecule has 1 aliphatic rings. The van der Waals surface area contributed by atoms with Crippen molar-refractivity contribution in [1.82, 2.24) is 5.32 Å². The second-order valence-corrected chi connectivity index (χ2v) is 7.46. The van der Waals surface area contributed by atoms with Crippen LogP contribution in [0, 0.1) is 5.92 Å². The zero-order valence-electron chi connectivity index (χ0n) is 15.4. The predicted octanol–water partition coefficient (Wildman–Crippen LogP) is 3.22. The number of rotatable bonds is 6. The molecule has 0 radical (unpaired) electrons. The van der Waals surface area contributed by atoms with E-state index >= 15 is 0 Å².